The summed E-state index contributed by atoms with van der Waals surface area (Å²) < 4.78 is 0. The second-order valence-corrected chi connectivity index (χ2v) is 3.83. The first-order valence-electron chi connectivity index (χ1n) is 6.13. The van der Waals surface area contributed by atoms with E-state index in [0.717, 1.165) is 24.8 Å². The molecule has 0 aliphatic rings. The molecule has 0 bridgehead atoms. The van der Waals surface area contributed by atoms with Crippen molar-refractivity contribution in [3.63, 3.8) is 0 Å². The SMILES string of the molecule is CCCCC#CC=CC#Cc1ccc([N+](=O)[O-])cc1. The van der Waals surface area contributed by atoms with Crippen LogP contribution < -0.4 is 0 Å². The molecule has 0 aromatic heterocycles. The van der Waals surface area contributed by atoms with Crippen molar-refractivity contribution in [3.05, 3.63) is 52.1 Å². The van der Waals surface area contributed by atoms with E-state index >= 15 is 0 Å². The summed E-state index contributed by atoms with van der Waals surface area (Å²) in [4.78, 5) is 10.0. The van der Waals surface area contributed by atoms with Crippen molar-refractivity contribution in [2.24, 2.45) is 0 Å². The monoisotopic (exact) mass is 253 g/mol. The van der Waals surface area contributed by atoms with Gasteiger partial charge in [0, 0.05) is 24.1 Å². The van der Waals surface area contributed by atoms with Crippen LogP contribution in [0.1, 0.15) is 31.7 Å². The minimum Gasteiger partial charge on any atom is -0.258 e. The highest BCUT2D eigenvalue weighted by Crippen LogP contribution is 2.10. The van der Waals surface area contributed by atoms with E-state index in [9.17, 15) is 10.1 Å². The van der Waals surface area contributed by atoms with E-state index in [1.54, 1.807) is 24.3 Å². The quantitative estimate of drug-likeness (QED) is 0.357. The lowest BCUT2D eigenvalue weighted by Crippen LogP contribution is -1.86. The van der Waals surface area contributed by atoms with Gasteiger partial charge in [-0.15, -0.1) is 0 Å². The van der Waals surface area contributed by atoms with E-state index in [4.69, 9.17) is 0 Å². The highest BCUT2D eigenvalue weighted by atomic mass is 16.6. The minimum atomic E-state index is -0.428. The fraction of sp³-hybridized carbons (Fsp3) is 0.250. The fourth-order valence-corrected chi connectivity index (χ4v) is 1.27. The molecule has 96 valence electrons. The molecule has 0 fully saturated rings. The average molecular weight is 253 g/mol. The van der Waals surface area contributed by atoms with Gasteiger partial charge < -0.3 is 0 Å². The summed E-state index contributed by atoms with van der Waals surface area (Å²) >= 11 is 0. The van der Waals surface area contributed by atoms with E-state index in [0.29, 0.717) is 0 Å². The zero-order chi connectivity index (χ0) is 13.9. The van der Waals surface area contributed by atoms with Crippen LogP contribution in [-0.4, -0.2) is 4.92 Å². The van der Waals surface area contributed by atoms with Crippen LogP contribution in [0, 0.1) is 33.8 Å². The van der Waals surface area contributed by atoms with Crippen LogP contribution in [-0.2, 0) is 0 Å². The number of unbranched alkanes of at least 4 members (excludes halogenated alkanes) is 2. The summed E-state index contributed by atoms with van der Waals surface area (Å²) in [6.07, 6.45) is 6.58. The van der Waals surface area contributed by atoms with Gasteiger partial charge in [0.15, 0.2) is 0 Å². The molecule has 3 heteroatoms. The summed E-state index contributed by atoms with van der Waals surface area (Å²) in [5.41, 5.74) is 0.817. The Labute approximate surface area is 113 Å². The van der Waals surface area contributed by atoms with Crippen molar-refractivity contribution in [2.45, 2.75) is 26.2 Å². The van der Waals surface area contributed by atoms with E-state index < -0.39 is 4.92 Å². The van der Waals surface area contributed by atoms with Crippen LogP contribution >= 0.6 is 0 Å². The second kappa shape index (κ2) is 8.55. The molecule has 0 N–H and O–H groups in total. The third-order valence-corrected chi connectivity index (χ3v) is 2.30. The third-order valence-electron chi connectivity index (χ3n) is 2.30. The van der Waals surface area contributed by atoms with E-state index in [1.165, 1.54) is 12.1 Å². The Hall–Kier alpha value is -2.52. The maximum Gasteiger partial charge on any atom is 0.269 e. The first-order chi connectivity index (χ1) is 9.24. The molecule has 0 saturated carbocycles. The standard InChI is InChI=1S/C16H15NO2/c1-2-3-4-5-6-7-8-9-10-15-11-13-16(14-12-15)17(18)19/h7-8,11-14H,2-4H2,1H3. The van der Waals surface area contributed by atoms with Gasteiger partial charge in [-0.05, 0) is 30.7 Å². The first-order valence-corrected chi connectivity index (χ1v) is 6.13. The highest BCUT2D eigenvalue weighted by molar-refractivity contribution is 5.42. The normalized spacial score (nSPS) is 9.32. The Morgan fingerprint density at radius 2 is 1.89 bits per heavy atom. The number of hydrogen-bond donors (Lipinski definition) is 0. The van der Waals surface area contributed by atoms with Gasteiger partial charge in [-0.3, -0.25) is 10.1 Å². The van der Waals surface area contributed by atoms with E-state index in [2.05, 4.69) is 30.6 Å². The van der Waals surface area contributed by atoms with Gasteiger partial charge in [0.05, 0.1) is 4.92 Å². The molecule has 0 aliphatic heterocycles. The molecule has 1 rings (SSSR count). The fourth-order valence-electron chi connectivity index (χ4n) is 1.27. The van der Waals surface area contributed by atoms with Crippen LogP contribution in [0.4, 0.5) is 5.69 Å². The zero-order valence-corrected chi connectivity index (χ0v) is 10.8. The number of hydrogen-bond acceptors (Lipinski definition) is 2. The summed E-state index contributed by atoms with van der Waals surface area (Å²) in [5.74, 6) is 11.7. The van der Waals surface area contributed by atoms with E-state index in [1.807, 2.05) is 0 Å². The molecular weight excluding hydrogens is 238 g/mol. The van der Waals surface area contributed by atoms with Gasteiger partial charge in [0.2, 0.25) is 0 Å². The number of benzene rings is 1. The van der Waals surface area contributed by atoms with Crippen molar-refractivity contribution in [3.8, 4) is 23.7 Å². The van der Waals surface area contributed by atoms with Crippen molar-refractivity contribution in [1.29, 1.82) is 0 Å². The Balaban J connectivity index is 2.51. The Bertz CT molecular complexity index is 563. The summed E-state index contributed by atoms with van der Waals surface area (Å²) in [7, 11) is 0. The molecule has 1 aromatic carbocycles. The lowest BCUT2D eigenvalue weighted by molar-refractivity contribution is -0.384. The van der Waals surface area contributed by atoms with Crippen molar-refractivity contribution in [2.75, 3.05) is 0 Å². The van der Waals surface area contributed by atoms with E-state index in [-0.39, 0.29) is 5.69 Å². The molecule has 0 saturated heterocycles. The molecule has 0 unspecified atom stereocenters. The Morgan fingerprint density at radius 1 is 1.21 bits per heavy atom. The third kappa shape index (κ3) is 6.10. The van der Waals surface area contributed by atoms with Crippen LogP contribution in [0.5, 0.6) is 0 Å². The number of allylic oxidation sites excluding steroid dienone is 2. The smallest absolute Gasteiger partial charge is 0.258 e. The molecule has 0 amide bonds. The number of nitrogens with zero attached hydrogens (tertiary/aromatic N) is 1. The maximum atomic E-state index is 10.5. The van der Waals surface area contributed by atoms with Crippen molar-refractivity contribution in [1.82, 2.24) is 0 Å². The van der Waals surface area contributed by atoms with Gasteiger partial charge in [0.25, 0.3) is 5.69 Å². The zero-order valence-electron chi connectivity index (χ0n) is 10.8. The molecule has 3 nitrogen and oxygen atoms in total. The largest absolute Gasteiger partial charge is 0.269 e. The Kier molecular flexibility index (Phi) is 6.55. The van der Waals surface area contributed by atoms with Gasteiger partial charge in [-0.2, -0.15) is 0 Å². The average Bonchev–Trinajstić information content (AvgIpc) is 2.42. The minimum absolute atomic E-state index is 0.0721. The predicted octanol–water partition coefficient (Wildman–Crippen LogP) is 3.70. The molecule has 0 radical (unpaired) electrons. The van der Waals surface area contributed by atoms with Crippen LogP contribution in [0.2, 0.25) is 0 Å². The lowest BCUT2D eigenvalue weighted by Gasteiger charge is -1.90. The van der Waals surface area contributed by atoms with Crippen LogP contribution in [0.15, 0.2) is 36.4 Å². The molecule has 0 spiro atoms. The summed E-state index contributed by atoms with van der Waals surface area (Å²) in [6.45, 7) is 2.13. The van der Waals surface area contributed by atoms with Crippen molar-refractivity contribution >= 4 is 5.69 Å². The molecular formula is C16H15NO2. The van der Waals surface area contributed by atoms with Gasteiger partial charge in [0.1, 0.15) is 0 Å². The van der Waals surface area contributed by atoms with Crippen LogP contribution in [0.25, 0.3) is 0 Å². The van der Waals surface area contributed by atoms with Gasteiger partial charge in [-0.25, -0.2) is 0 Å². The second-order valence-electron chi connectivity index (χ2n) is 3.83. The number of non-ortho nitro benzene ring substituents is 1. The predicted molar refractivity (Wildman–Crippen MR) is 76.4 cm³/mol. The van der Waals surface area contributed by atoms with Crippen molar-refractivity contribution < 1.29 is 4.92 Å². The number of nitro benzene ring substituents is 1. The summed E-state index contributed by atoms with van der Waals surface area (Å²) in [5, 5.41) is 10.5. The lowest BCUT2D eigenvalue weighted by atomic mass is 10.2. The molecule has 0 atom stereocenters. The Morgan fingerprint density at radius 3 is 2.53 bits per heavy atom. The molecule has 19 heavy (non-hydrogen) atoms. The molecule has 1 aromatic rings. The molecule has 0 aliphatic carbocycles. The number of nitro groups is 1. The molecule has 0 heterocycles. The highest BCUT2D eigenvalue weighted by Gasteiger charge is 2.01. The topological polar surface area (TPSA) is 43.1 Å². The van der Waals surface area contributed by atoms with Gasteiger partial charge >= 0.3 is 0 Å². The van der Waals surface area contributed by atoms with Crippen LogP contribution in [0.3, 0.4) is 0 Å². The maximum absolute atomic E-state index is 10.5. The van der Waals surface area contributed by atoms with Gasteiger partial charge in [-0.1, -0.05) is 37.0 Å². The first kappa shape index (κ1) is 14.5. The number of rotatable bonds is 3. The summed E-state index contributed by atoms with van der Waals surface area (Å²) in [6, 6.07) is 6.15.